The van der Waals surface area contributed by atoms with Crippen molar-refractivity contribution in [3.8, 4) is 11.5 Å². The van der Waals surface area contributed by atoms with E-state index in [-0.39, 0.29) is 18.1 Å². The van der Waals surface area contributed by atoms with Crippen molar-refractivity contribution in [3.05, 3.63) is 35.7 Å². The SMILES string of the molecule is Cc1ccc(-c2nc(CSCC(=O)N3C[C@H](C)O[C@@H](C)C3)no2)cc1. The summed E-state index contributed by atoms with van der Waals surface area (Å²) in [6, 6.07) is 7.95. The van der Waals surface area contributed by atoms with E-state index >= 15 is 0 Å². The first kappa shape index (κ1) is 17.9. The van der Waals surface area contributed by atoms with Crippen LogP contribution in [0.2, 0.25) is 0 Å². The minimum absolute atomic E-state index is 0.0898. The number of morpholine rings is 1. The van der Waals surface area contributed by atoms with Crippen molar-refractivity contribution in [2.24, 2.45) is 0 Å². The third kappa shape index (κ3) is 4.83. The van der Waals surface area contributed by atoms with Gasteiger partial charge in [0.05, 0.1) is 23.7 Å². The summed E-state index contributed by atoms with van der Waals surface area (Å²) in [6.07, 6.45) is 0.180. The van der Waals surface area contributed by atoms with Crippen LogP contribution in [0.4, 0.5) is 0 Å². The van der Waals surface area contributed by atoms with E-state index in [1.165, 1.54) is 17.3 Å². The number of amides is 1. The van der Waals surface area contributed by atoms with Crippen molar-refractivity contribution in [2.75, 3.05) is 18.8 Å². The molecule has 1 saturated heterocycles. The third-order valence-electron chi connectivity index (χ3n) is 4.00. The van der Waals surface area contributed by atoms with Crippen molar-refractivity contribution >= 4 is 17.7 Å². The molecule has 0 aliphatic carbocycles. The van der Waals surface area contributed by atoms with Crippen LogP contribution in [0.1, 0.15) is 25.2 Å². The van der Waals surface area contributed by atoms with Crippen molar-refractivity contribution in [1.82, 2.24) is 15.0 Å². The predicted molar refractivity (Wildman–Crippen MR) is 97.2 cm³/mol. The lowest BCUT2D eigenvalue weighted by Gasteiger charge is -2.35. The molecule has 1 aliphatic rings. The maximum absolute atomic E-state index is 12.3. The van der Waals surface area contributed by atoms with E-state index in [4.69, 9.17) is 9.26 Å². The molecule has 1 aliphatic heterocycles. The number of ether oxygens (including phenoxy) is 1. The van der Waals surface area contributed by atoms with Crippen LogP contribution < -0.4 is 0 Å². The summed E-state index contributed by atoms with van der Waals surface area (Å²) in [5.41, 5.74) is 2.09. The van der Waals surface area contributed by atoms with E-state index in [2.05, 4.69) is 10.1 Å². The van der Waals surface area contributed by atoms with Gasteiger partial charge < -0.3 is 14.2 Å². The van der Waals surface area contributed by atoms with Gasteiger partial charge >= 0.3 is 0 Å². The van der Waals surface area contributed by atoms with Crippen LogP contribution in [0.15, 0.2) is 28.8 Å². The van der Waals surface area contributed by atoms with E-state index in [1.54, 1.807) is 0 Å². The highest BCUT2D eigenvalue weighted by Crippen LogP contribution is 2.20. The Morgan fingerprint density at radius 1 is 1.24 bits per heavy atom. The Morgan fingerprint density at radius 3 is 2.60 bits per heavy atom. The molecular formula is C18H23N3O3S. The van der Waals surface area contributed by atoms with Gasteiger partial charge in [-0.05, 0) is 32.9 Å². The van der Waals surface area contributed by atoms with E-state index < -0.39 is 0 Å². The Labute approximate surface area is 151 Å². The second-order valence-electron chi connectivity index (χ2n) is 6.43. The molecule has 0 spiro atoms. The first-order valence-corrected chi connectivity index (χ1v) is 9.57. The number of aromatic nitrogens is 2. The Morgan fingerprint density at radius 2 is 1.92 bits per heavy atom. The van der Waals surface area contributed by atoms with Gasteiger partial charge in [-0.3, -0.25) is 4.79 Å². The summed E-state index contributed by atoms with van der Waals surface area (Å²) in [5, 5.41) is 4.00. The molecule has 1 amide bonds. The Hall–Kier alpha value is -1.86. The first-order valence-electron chi connectivity index (χ1n) is 8.42. The lowest BCUT2D eigenvalue weighted by Crippen LogP contribution is -2.48. The van der Waals surface area contributed by atoms with Gasteiger partial charge in [0.2, 0.25) is 5.91 Å². The fourth-order valence-corrected chi connectivity index (χ4v) is 3.59. The van der Waals surface area contributed by atoms with Crippen molar-refractivity contribution in [3.63, 3.8) is 0 Å². The molecule has 1 aromatic carbocycles. The number of aryl methyl sites for hydroxylation is 1. The average molecular weight is 361 g/mol. The van der Waals surface area contributed by atoms with Gasteiger partial charge in [-0.15, -0.1) is 11.8 Å². The number of thioether (sulfide) groups is 1. The maximum atomic E-state index is 12.3. The zero-order valence-corrected chi connectivity index (χ0v) is 15.6. The van der Waals surface area contributed by atoms with Crippen LogP contribution in [-0.4, -0.2) is 52.0 Å². The van der Waals surface area contributed by atoms with Crippen molar-refractivity contribution in [2.45, 2.75) is 38.7 Å². The number of nitrogens with zero attached hydrogens (tertiary/aromatic N) is 3. The van der Waals surface area contributed by atoms with E-state index in [0.29, 0.717) is 36.3 Å². The van der Waals surface area contributed by atoms with Crippen LogP contribution in [0.3, 0.4) is 0 Å². The molecule has 6 nitrogen and oxygen atoms in total. The molecule has 7 heteroatoms. The first-order chi connectivity index (χ1) is 12.0. The van der Waals surface area contributed by atoms with Crippen molar-refractivity contribution < 1.29 is 14.1 Å². The van der Waals surface area contributed by atoms with E-state index in [9.17, 15) is 4.79 Å². The highest BCUT2D eigenvalue weighted by Gasteiger charge is 2.25. The summed E-state index contributed by atoms with van der Waals surface area (Å²) < 4.78 is 11.0. The Kier molecular flexibility index (Phi) is 5.75. The van der Waals surface area contributed by atoms with Crippen LogP contribution in [0.5, 0.6) is 0 Å². The Bertz CT molecular complexity index is 707. The smallest absolute Gasteiger partial charge is 0.257 e. The molecule has 0 radical (unpaired) electrons. The minimum atomic E-state index is 0.0898. The lowest BCUT2D eigenvalue weighted by atomic mass is 10.1. The maximum Gasteiger partial charge on any atom is 0.257 e. The molecule has 1 fully saturated rings. The number of rotatable bonds is 5. The molecule has 25 heavy (non-hydrogen) atoms. The quantitative estimate of drug-likeness (QED) is 0.816. The predicted octanol–water partition coefficient (Wildman–Crippen LogP) is 2.91. The monoisotopic (exact) mass is 361 g/mol. The van der Waals surface area contributed by atoms with Crippen LogP contribution in [0.25, 0.3) is 11.5 Å². The van der Waals surface area contributed by atoms with Gasteiger partial charge in [-0.1, -0.05) is 22.9 Å². The number of carbonyl (C=O) groups excluding carboxylic acids is 1. The minimum Gasteiger partial charge on any atom is -0.372 e. The molecule has 0 bridgehead atoms. The second kappa shape index (κ2) is 8.01. The second-order valence-corrected chi connectivity index (χ2v) is 7.42. The zero-order chi connectivity index (χ0) is 17.8. The molecule has 2 atom stereocenters. The van der Waals surface area contributed by atoms with Gasteiger partial charge in [-0.2, -0.15) is 4.98 Å². The van der Waals surface area contributed by atoms with Gasteiger partial charge in [0.15, 0.2) is 5.82 Å². The molecule has 2 aromatic rings. The summed E-state index contributed by atoms with van der Waals surface area (Å²) in [7, 11) is 0. The highest BCUT2D eigenvalue weighted by atomic mass is 32.2. The number of hydrogen-bond donors (Lipinski definition) is 0. The molecule has 0 unspecified atom stereocenters. The summed E-state index contributed by atoms with van der Waals surface area (Å²) >= 11 is 1.50. The summed E-state index contributed by atoms with van der Waals surface area (Å²) in [4.78, 5) is 18.6. The fourth-order valence-electron chi connectivity index (χ4n) is 2.83. The molecule has 2 heterocycles. The normalized spacial score (nSPS) is 20.7. The van der Waals surface area contributed by atoms with Gasteiger partial charge in [-0.25, -0.2) is 0 Å². The topological polar surface area (TPSA) is 68.5 Å². The van der Waals surface area contributed by atoms with Crippen LogP contribution in [0, 0.1) is 6.92 Å². The van der Waals surface area contributed by atoms with Crippen LogP contribution >= 0.6 is 11.8 Å². The molecule has 3 rings (SSSR count). The number of hydrogen-bond acceptors (Lipinski definition) is 6. The van der Waals surface area contributed by atoms with Gasteiger partial charge in [0.25, 0.3) is 5.89 Å². The van der Waals surface area contributed by atoms with Crippen molar-refractivity contribution in [1.29, 1.82) is 0 Å². The van der Waals surface area contributed by atoms with Gasteiger partial charge in [0, 0.05) is 18.7 Å². The molecule has 1 aromatic heterocycles. The standard InChI is InChI=1S/C18H23N3O3S/c1-12-4-6-15(7-5-12)18-19-16(20-24-18)10-25-11-17(22)21-8-13(2)23-14(3)9-21/h4-7,13-14H,8-11H2,1-3H3/t13-,14-/m0/s1. The largest absolute Gasteiger partial charge is 0.372 e. The molecule has 0 N–H and O–H groups in total. The number of benzene rings is 1. The molecule has 0 saturated carbocycles. The summed E-state index contributed by atoms with van der Waals surface area (Å²) in [6.45, 7) is 7.34. The lowest BCUT2D eigenvalue weighted by molar-refractivity contribution is -0.140. The van der Waals surface area contributed by atoms with E-state index in [0.717, 1.165) is 5.56 Å². The Balaban J connectivity index is 1.49. The average Bonchev–Trinajstić information content (AvgIpc) is 3.03. The van der Waals surface area contributed by atoms with Gasteiger partial charge in [0.1, 0.15) is 0 Å². The fraction of sp³-hybridized carbons (Fsp3) is 0.500. The van der Waals surface area contributed by atoms with E-state index in [1.807, 2.05) is 49.9 Å². The van der Waals surface area contributed by atoms with Crippen LogP contribution in [-0.2, 0) is 15.3 Å². The highest BCUT2D eigenvalue weighted by molar-refractivity contribution is 7.99. The molecule has 134 valence electrons. The summed E-state index contributed by atoms with van der Waals surface area (Å²) in [5.74, 6) is 2.22. The molecular weight excluding hydrogens is 338 g/mol. The number of carbonyl (C=O) groups is 1. The third-order valence-corrected chi connectivity index (χ3v) is 4.91. The zero-order valence-electron chi connectivity index (χ0n) is 14.8.